The lowest BCUT2D eigenvalue weighted by Gasteiger charge is -2.35. The summed E-state index contributed by atoms with van der Waals surface area (Å²) in [6.07, 6.45) is 2.47. The zero-order valence-electron chi connectivity index (χ0n) is 14.4. The van der Waals surface area contributed by atoms with Crippen molar-refractivity contribution in [3.05, 3.63) is 95.6 Å². The summed E-state index contributed by atoms with van der Waals surface area (Å²) in [6, 6.07) is 29.6. The van der Waals surface area contributed by atoms with Crippen LogP contribution in [0.25, 0.3) is 0 Å². The molecule has 3 aromatic rings. The summed E-state index contributed by atoms with van der Waals surface area (Å²) >= 11 is 0. The molecule has 120 valence electrons. The van der Waals surface area contributed by atoms with Gasteiger partial charge in [0.2, 0.25) is 0 Å². The van der Waals surface area contributed by atoms with Crippen LogP contribution in [0.5, 0.6) is 0 Å². The molecule has 0 fully saturated rings. The third-order valence-electron chi connectivity index (χ3n) is 5.36. The van der Waals surface area contributed by atoms with Gasteiger partial charge in [0.15, 0.2) is 0 Å². The van der Waals surface area contributed by atoms with Crippen molar-refractivity contribution in [3.63, 3.8) is 0 Å². The maximum Gasteiger partial charge on any atom is 0.0995 e. The van der Waals surface area contributed by atoms with Crippen molar-refractivity contribution in [2.24, 2.45) is 0 Å². The van der Waals surface area contributed by atoms with Gasteiger partial charge in [-0.1, -0.05) is 67.1 Å². The molecule has 1 heterocycles. The fourth-order valence-corrected chi connectivity index (χ4v) is 8.93. The highest BCUT2D eigenvalue weighted by molar-refractivity contribution is 7.89. The zero-order chi connectivity index (χ0) is 16.6. The van der Waals surface area contributed by atoms with Crippen LogP contribution in [0.2, 0.25) is 0 Å². The van der Waals surface area contributed by atoms with E-state index in [4.69, 9.17) is 0 Å². The van der Waals surface area contributed by atoms with E-state index >= 15 is 0 Å². The molecule has 1 unspecified atom stereocenters. The van der Waals surface area contributed by atoms with E-state index in [-0.39, 0.29) is 0 Å². The molecule has 1 atom stereocenters. The summed E-state index contributed by atoms with van der Waals surface area (Å²) in [6.45, 7) is 4.62. The second-order valence-corrected chi connectivity index (χ2v) is 10.7. The molecule has 0 spiro atoms. The first kappa shape index (κ1) is 15.6. The molecule has 0 nitrogen and oxygen atoms in total. The summed E-state index contributed by atoms with van der Waals surface area (Å²) in [5.41, 5.74) is 4.50. The number of rotatable bonds is 2. The van der Waals surface area contributed by atoms with E-state index in [0.29, 0.717) is 5.92 Å². The molecular weight excluding hydrogens is 307 g/mol. The van der Waals surface area contributed by atoms with Gasteiger partial charge < -0.3 is 0 Å². The summed E-state index contributed by atoms with van der Waals surface area (Å²) in [7, 11) is -1.40. The van der Waals surface area contributed by atoms with E-state index in [1.54, 1.807) is 21.7 Å². The lowest BCUT2D eigenvalue weighted by Crippen LogP contribution is -2.31. The molecule has 0 saturated carbocycles. The Kier molecular flexibility index (Phi) is 4.02. The lowest BCUT2D eigenvalue weighted by molar-refractivity contribution is 0.839. The Bertz CT molecular complexity index is 797. The van der Waals surface area contributed by atoms with E-state index in [0.717, 1.165) is 0 Å². The Balaban J connectivity index is 1.93. The van der Waals surface area contributed by atoms with Crippen molar-refractivity contribution in [3.8, 4) is 0 Å². The smallest absolute Gasteiger partial charge is 0.0620 e. The highest BCUT2D eigenvalue weighted by Gasteiger charge is 2.47. The normalized spacial score (nSPS) is 18.8. The molecular formula is C23H24P+. The quantitative estimate of drug-likeness (QED) is 0.560. The molecule has 1 heteroatoms. The zero-order valence-corrected chi connectivity index (χ0v) is 15.3. The highest BCUT2D eigenvalue weighted by atomic mass is 31.2. The Labute approximate surface area is 145 Å². The molecule has 3 aromatic carbocycles. The highest BCUT2D eigenvalue weighted by Crippen LogP contribution is 2.64. The molecule has 0 radical (unpaired) electrons. The SMILES string of the molecule is Cc1ccc2c(c1)C[P+](c1ccccc1)(c1ccccc1)CC2C. The minimum absolute atomic E-state index is 0.614. The van der Waals surface area contributed by atoms with Crippen molar-refractivity contribution >= 4 is 17.9 Å². The molecule has 1 aliphatic heterocycles. The number of benzene rings is 3. The van der Waals surface area contributed by atoms with Gasteiger partial charge in [0.05, 0.1) is 30.2 Å². The minimum atomic E-state index is -1.40. The average Bonchev–Trinajstić information content (AvgIpc) is 2.62. The van der Waals surface area contributed by atoms with Gasteiger partial charge in [-0.05, 0) is 42.3 Å². The van der Waals surface area contributed by atoms with Crippen LogP contribution in [0.4, 0.5) is 0 Å². The van der Waals surface area contributed by atoms with Crippen LogP contribution in [0, 0.1) is 6.92 Å². The topological polar surface area (TPSA) is 0 Å². The molecule has 0 N–H and O–H groups in total. The molecule has 0 amide bonds. The molecule has 0 bridgehead atoms. The van der Waals surface area contributed by atoms with Crippen molar-refractivity contribution < 1.29 is 0 Å². The number of fused-ring (bicyclic) bond motifs is 1. The third-order valence-corrected chi connectivity index (χ3v) is 9.98. The number of hydrogen-bond acceptors (Lipinski definition) is 0. The van der Waals surface area contributed by atoms with Gasteiger partial charge in [0.1, 0.15) is 0 Å². The third kappa shape index (κ3) is 2.60. The summed E-state index contributed by atoms with van der Waals surface area (Å²) in [4.78, 5) is 0. The van der Waals surface area contributed by atoms with Gasteiger partial charge >= 0.3 is 0 Å². The van der Waals surface area contributed by atoms with Crippen molar-refractivity contribution in [2.45, 2.75) is 25.9 Å². The Hall–Kier alpha value is -1.91. The summed E-state index contributed by atoms with van der Waals surface area (Å²) in [5.74, 6) is 0.614. The standard InChI is InChI=1S/C23H24P/c1-18-13-14-23-19(2)16-24(17-20(23)15-18,21-9-5-3-6-10-21)22-11-7-4-8-12-22/h3-15,19H,16-17H2,1-2H3/q+1. The van der Waals surface area contributed by atoms with Crippen molar-refractivity contribution in [2.75, 3.05) is 6.16 Å². The van der Waals surface area contributed by atoms with Crippen molar-refractivity contribution in [1.29, 1.82) is 0 Å². The number of aryl methyl sites for hydroxylation is 1. The second kappa shape index (κ2) is 6.19. The molecule has 0 aliphatic carbocycles. The molecule has 4 rings (SSSR count). The maximum atomic E-state index is 2.42. The van der Waals surface area contributed by atoms with Gasteiger partial charge in [-0.3, -0.25) is 0 Å². The van der Waals surface area contributed by atoms with Crippen molar-refractivity contribution in [1.82, 2.24) is 0 Å². The van der Waals surface area contributed by atoms with Crippen LogP contribution in [0.15, 0.2) is 78.9 Å². The summed E-state index contributed by atoms with van der Waals surface area (Å²) in [5, 5.41) is 3.10. The average molecular weight is 331 g/mol. The van der Waals surface area contributed by atoms with Crippen LogP contribution in [-0.2, 0) is 6.16 Å². The fourth-order valence-electron chi connectivity index (χ4n) is 4.24. The summed E-state index contributed by atoms with van der Waals surface area (Å²) < 4.78 is 0. The van der Waals surface area contributed by atoms with E-state index in [1.165, 1.54) is 17.9 Å². The van der Waals surface area contributed by atoms with Crippen LogP contribution in [0.1, 0.15) is 29.5 Å². The second-order valence-electron chi connectivity index (χ2n) is 7.08. The first-order valence-electron chi connectivity index (χ1n) is 8.77. The first-order valence-corrected chi connectivity index (χ1v) is 10.9. The van der Waals surface area contributed by atoms with Gasteiger partial charge in [0, 0.05) is 5.92 Å². The van der Waals surface area contributed by atoms with Gasteiger partial charge in [0.25, 0.3) is 0 Å². The Morgan fingerprint density at radius 2 is 1.38 bits per heavy atom. The Morgan fingerprint density at radius 1 is 0.792 bits per heavy atom. The predicted octanol–water partition coefficient (Wildman–Crippen LogP) is 5.28. The lowest BCUT2D eigenvalue weighted by atomic mass is 9.96. The molecule has 1 aliphatic rings. The Morgan fingerprint density at radius 3 is 1.96 bits per heavy atom. The van der Waals surface area contributed by atoms with Crippen LogP contribution < -0.4 is 10.6 Å². The van der Waals surface area contributed by atoms with Gasteiger partial charge in [-0.25, -0.2) is 0 Å². The maximum absolute atomic E-state index is 2.42. The van der Waals surface area contributed by atoms with Gasteiger partial charge in [-0.2, -0.15) is 0 Å². The van der Waals surface area contributed by atoms with E-state index in [1.807, 2.05) is 0 Å². The van der Waals surface area contributed by atoms with Crippen LogP contribution >= 0.6 is 7.26 Å². The van der Waals surface area contributed by atoms with Crippen LogP contribution in [-0.4, -0.2) is 6.16 Å². The van der Waals surface area contributed by atoms with E-state index in [2.05, 4.69) is 92.7 Å². The molecule has 24 heavy (non-hydrogen) atoms. The molecule has 0 aromatic heterocycles. The largest absolute Gasteiger partial charge is 0.0995 e. The predicted molar refractivity (Wildman–Crippen MR) is 107 cm³/mol. The molecule has 0 saturated heterocycles. The first-order chi connectivity index (χ1) is 11.7. The monoisotopic (exact) mass is 331 g/mol. The van der Waals surface area contributed by atoms with Gasteiger partial charge in [-0.15, -0.1) is 0 Å². The fraction of sp³-hybridized carbons (Fsp3) is 0.217. The number of hydrogen-bond donors (Lipinski definition) is 0. The van der Waals surface area contributed by atoms with E-state index in [9.17, 15) is 0 Å². The van der Waals surface area contributed by atoms with Crippen LogP contribution in [0.3, 0.4) is 0 Å². The minimum Gasteiger partial charge on any atom is -0.0620 e. The van der Waals surface area contributed by atoms with E-state index < -0.39 is 7.26 Å².